The number of hydrogen-bond donors (Lipinski definition) is 1. The summed E-state index contributed by atoms with van der Waals surface area (Å²) in [5, 5.41) is 10.7. The minimum Gasteiger partial charge on any atom is -0.465 e. The standard InChI is InChI=1S/C34H56ClN5O6/c1-23(2)21-39(32(42)27-29(35)36-30(24-12-8-7-9-13-24)38(27)14-10-11-17-45-6)26-20-25(31(41)37-15-18-46-19-16-37)22-40(33(43)44)28(26)34(3,4)5/h23-26,28H,7-22H2,1-6H3,(H,43,44)/t25-,26+,28?/m1/s1. The summed E-state index contributed by atoms with van der Waals surface area (Å²) in [6.07, 6.45) is 6.42. The van der Waals surface area contributed by atoms with Crippen LogP contribution in [0.2, 0.25) is 5.15 Å². The Kier molecular flexibility index (Phi) is 12.8. The number of nitrogens with zero attached hydrogens (tertiary/aromatic N) is 5. The molecular weight excluding hydrogens is 610 g/mol. The van der Waals surface area contributed by atoms with Crippen LogP contribution in [0.3, 0.4) is 0 Å². The number of carbonyl (C=O) groups excluding carboxylic acids is 2. The molecule has 2 saturated heterocycles. The maximum Gasteiger partial charge on any atom is 0.407 e. The molecule has 46 heavy (non-hydrogen) atoms. The molecule has 11 nitrogen and oxygen atoms in total. The molecule has 4 rings (SSSR count). The van der Waals surface area contributed by atoms with Crippen molar-refractivity contribution < 1.29 is 29.0 Å². The van der Waals surface area contributed by atoms with Crippen molar-refractivity contribution in [1.82, 2.24) is 24.3 Å². The Balaban J connectivity index is 1.79. The summed E-state index contributed by atoms with van der Waals surface area (Å²) in [6.45, 7) is 13.7. The van der Waals surface area contributed by atoms with Gasteiger partial charge in [-0.25, -0.2) is 9.78 Å². The molecule has 0 aromatic carbocycles. The van der Waals surface area contributed by atoms with E-state index in [1.54, 1.807) is 12.0 Å². The van der Waals surface area contributed by atoms with E-state index in [0.29, 0.717) is 58.1 Å². The number of piperidine rings is 1. The number of aromatic nitrogens is 2. The summed E-state index contributed by atoms with van der Waals surface area (Å²) in [5.74, 6) is 0.302. The lowest BCUT2D eigenvalue weighted by Gasteiger charge is -2.52. The highest BCUT2D eigenvalue weighted by Gasteiger charge is 2.50. The summed E-state index contributed by atoms with van der Waals surface area (Å²) in [6, 6.07) is -1.07. The number of hydrogen-bond acceptors (Lipinski definition) is 6. The Hall–Kier alpha value is -2.37. The van der Waals surface area contributed by atoms with E-state index in [4.69, 9.17) is 26.1 Å². The third-order valence-electron chi connectivity index (χ3n) is 9.78. The SMILES string of the molecule is COCCCCn1c(C2CCCCC2)nc(Cl)c1C(=O)N(CC(C)C)[C@H]1C[C@@H](C(=O)N2CCOCC2)CN(C(=O)O)C1C(C)(C)C. The van der Waals surface area contributed by atoms with Crippen molar-refractivity contribution in [3.8, 4) is 0 Å². The lowest BCUT2D eigenvalue weighted by Crippen LogP contribution is -2.66. The largest absolute Gasteiger partial charge is 0.465 e. The zero-order chi connectivity index (χ0) is 33.6. The molecule has 1 N–H and O–H groups in total. The van der Waals surface area contributed by atoms with E-state index < -0.39 is 29.5 Å². The molecule has 3 fully saturated rings. The van der Waals surface area contributed by atoms with Crippen LogP contribution in [0, 0.1) is 17.3 Å². The van der Waals surface area contributed by atoms with Gasteiger partial charge in [0.05, 0.1) is 31.2 Å². The minimum atomic E-state index is -1.08. The third-order valence-corrected chi connectivity index (χ3v) is 10.0. The van der Waals surface area contributed by atoms with Crippen LogP contribution in [-0.2, 0) is 20.8 Å². The van der Waals surface area contributed by atoms with Crippen molar-refractivity contribution >= 4 is 29.5 Å². The molecular formula is C34H56ClN5O6. The van der Waals surface area contributed by atoms with Gasteiger partial charge in [-0.1, -0.05) is 65.5 Å². The first-order chi connectivity index (χ1) is 21.8. The van der Waals surface area contributed by atoms with Gasteiger partial charge < -0.3 is 33.8 Å². The number of amides is 3. The van der Waals surface area contributed by atoms with Gasteiger partial charge in [0, 0.05) is 52.4 Å². The number of methoxy groups -OCH3 is 1. The minimum absolute atomic E-state index is 0.0790. The van der Waals surface area contributed by atoms with E-state index in [1.807, 2.05) is 30.2 Å². The highest BCUT2D eigenvalue weighted by molar-refractivity contribution is 6.32. The van der Waals surface area contributed by atoms with Crippen LogP contribution in [0.5, 0.6) is 0 Å². The second-order valence-corrected chi connectivity index (χ2v) is 15.2. The number of rotatable bonds is 11. The molecule has 2 aliphatic heterocycles. The number of imidazole rings is 1. The maximum absolute atomic E-state index is 15.0. The monoisotopic (exact) mass is 665 g/mol. The molecule has 260 valence electrons. The summed E-state index contributed by atoms with van der Waals surface area (Å²) in [4.78, 5) is 51.6. The quantitative estimate of drug-likeness (QED) is 0.299. The van der Waals surface area contributed by atoms with Crippen molar-refractivity contribution in [2.24, 2.45) is 17.3 Å². The van der Waals surface area contributed by atoms with E-state index in [-0.39, 0.29) is 35.3 Å². The van der Waals surface area contributed by atoms with Gasteiger partial charge in [0.25, 0.3) is 5.91 Å². The molecule has 1 unspecified atom stereocenters. The van der Waals surface area contributed by atoms with Crippen LogP contribution in [0.1, 0.15) is 108 Å². The zero-order valence-electron chi connectivity index (χ0n) is 28.8. The number of morpholine rings is 1. The van der Waals surface area contributed by atoms with Crippen LogP contribution in [0.25, 0.3) is 0 Å². The van der Waals surface area contributed by atoms with Gasteiger partial charge >= 0.3 is 6.09 Å². The molecule has 3 amide bonds. The van der Waals surface area contributed by atoms with Gasteiger partial charge in [0.1, 0.15) is 11.5 Å². The summed E-state index contributed by atoms with van der Waals surface area (Å²) >= 11 is 6.93. The van der Waals surface area contributed by atoms with Crippen LogP contribution >= 0.6 is 11.6 Å². The number of ether oxygens (including phenoxy) is 2. The fraction of sp³-hybridized carbons (Fsp3) is 0.824. The van der Waals surface area contributed by atoms with Gasteiger partial charge in [0.2, 0.25) is 5.91 Å². The Bertz CT molecular complexity index is 1190. The van der Waals surface area contributed by atoms with E-state index >= 15 is 4.79 Å². The van der Waals surface area contributed by atoms with Crippen molar-refractivity contribution in [2.45, 2.75) is 111 Å². The van der Waals surface area contributed by atoms with E-state index in [0.717, 1.165) is 44.3 Å². The molecule has 3 atom stereocenters. The molecule has 3 heterocycles. The van der Waals surface area contributed by atoms with Crippen molar-refractivity contribution in [2.75, 3.05) is 53.1 Å². The fourth-order valence-corrected chi connectivity index (χ4v) is 8.04. The Morgan fingerprint density at radius 1 is 1.11 bits per heavy atom. The second-order valence-electron chi connectivity index (χ2n) is 14.8. The van der Waals surface area contributed by atoms with Crippen LogP contribution in [-0.4, -0.2) is 112 Å². The normalized spacial score (nSPS) is 23.2. The first-order valence-electron chi connectivity index (χ1n) is 17.3. The molecule has 1 aliphatic carbocycles. The van der Waals surface area contributed by atoms with E-state index in [9.17, 15) is 14.7 Å². The lowest BCUT2D eigenvalue weighted by molar-refractivity contribution is -0.144. The van der Waals surface area contributed by atoms with Crippen LogP contribution in [0.4, 0.5) is 4.79 Å². The first kappa shape index (κ1) is 36.5. The molecule has 1 aromatic rings. The fourth-order valence-electron chi connectivity index (χ4n) is 7.77. The second kappa shape index (κ2) is 16.2. The van der Waals surface area contributed by atoms with Gasteiger partial charge in [0.15, 0.2) is 5.15 Å². The Morgan fingerprint density at radius 3 is 2.37 bits per heavy atom. The number of carboxylic acid groups (broad SMARTS) is 1. The molecule has 12 heteroatoms. The van der Waals surface area contributed by atoms with Crippen molar-refractivity contribution in [3.63, 3.8) is 0 Å². The van der Waals surface area contributed by atoms with Gasteiger partial charge in [-0.15, -0.1) is 0 Å². The number of likely N-dealkylation sites (tertiary alicyclic amines) is 1. The number of halogens is 1. The molecule has 0 radical (unpaired) electrons. The highest BCUT2D eigenvalue weighted by Crippen LogP contribution is 2.40. The predicted molar refractivity (Wildman–Crippen MR) is 177 cm³/mol. The molecule has 1 saturated carbocycles. The lowest BCUT2D eigenvalue weighted by atomic mass is 9.74. The van der Waals surface area contributed by atoms with E-state index in [2.05, 4.69) is 13.8 Å². The predicted octanol–water partition coefficient (Wildman–Crippen LogP) is 5.75. The average Bonchev–Trinajstić information content (AvgIpc) is 3.36. The molecule has 0 bridgehead atoms. The van der Waals surface area contributed by atoms with Gasteiger partial charge in [-0.3, -0.25) is 9.59 Å². The Labute approximate surface area is 279 Å². The van der Waals surface area contributed by atoms with Crippen LogP contribution in [0.15, 0.2) is 0 Å². The van der Waals surface area contributed by atoms with Gasteiger partial charge in [-0.05, 0) is 43.4 Å². The zero-order valence-corrected chi connectivity index (χ0v) is 29.6. The van der Waals surface area contributed by atoms with Crippen molar-refractivity contribution in [3.05, 3.63) is 16.7 Å². The van der Waals surface area contributed by atoms with E-state index in [1.165, 1.54) is 11.3 Å². The first-order valence-corrected chi connectivity index (χ1v) is 17.6. The number of carbonyl (C=O) groups is 3. The third kappa shape index (κ3) is 8.55. The smallest absolute Gasteiger partial charge is 0.407 e. The maximum atomic E-state index is 15.0. The summed E-state index contributed by atoms with van der Waals surface area (Å²) < 4.78 is 12.8. The topological polar surface area (TPSA) is 117 Å². The van der Waals surface area contributed by atoms with Crippen molar-refractivity contribution in [1.29, 1.82) is 0 Å². The molecule has 1 aromatic heterocycles. The van der Waals surface area contributed by atoms with Gasteiger partial charge in [-0.2, -0.15) is 0 Å². The highest BCUT2D eigenvalue weighted by atomic mass is 35.5. The summed E-state index contributed by atoms with van der Waals surface area (Å²) in [7, 11) is 1.69. The number of unbranched alkanes of at least 4 members (excludes halogenated alkanes) is 1. The Morgan fingerprint density at radius 2 is 1.78 bits per heavy atom. The average molecular weight is 666 g/mol. The summed E-state index contributed by atoms with van der Waals surface area (Å²) in [5.41, 5.74) is -0.139. The van der Waals surface area contributed by atoms with Crippen LogP contribution < -0.4 is 0 Å². The molecule has 0 spiro atoms. The molecule has 3 aliphatic rings.